The van der Waals surface area contributed by atoms with Crippen LogP contribution >= 0.6 is 27.3 Å². The third kappa shape index (κ3) is 2.19. The largest absolute Gasteiger partial charge is 0.250 e. The summed E-state index contributed by atoms with van der Waals surface area (Å²) in [5, 5.41) is 2.05. The van der Waals surface area contributed by atoms with Crippen LogP contribution in [0.25, 0.3) is 0 Å². The van der Waals surface area contributed by atoms with Gasteiger partial charge in [-0.1, -0.05) is 0 Å². The molecule has 2 nitrogen and oxygen atoms in total. The topological polar surface area (TPSA) is 15.3 Å². The number of nitrogens with one attached hydrogen (secondary N) is 1. The molecule has 0 spiro atoms. The number of hydrogen-bond donors (Lipinski definition) is 1. The Bertz CT molecular complexity index is 322. The van der Waals surface area contributed by atoms with Crippen LogP contribution in [0.1, 0.15) is 29.3 Å². The summed E-state index contributed by atoms with van der Waals surface area (Å²) in [6.45, 7) is 0. The number of hydrazine groups is 1. The quantitative estimate of drug-likeness (QED) is 0.835. The van der Waals surface area contributed by atoms with Crippen LogP contribution in [0.5, 0.6) is 0 Å². The fourth-order valence-corrected chi connectivity index (χ4v) is 3.79. The lowest BCUT2D eigenvalue weighted by Gasteiger charge is -2.26. The molecule has 0 bridgehead atoms. The van der Waals surface area contributed by atoms with Crippen LogP contribution in [-0.2, 0) is 6.42 Å². The van der Waals surface area contributed by atoms with Gasteiger partial charge in [0.2, 0.25) is 0 Å². The molecule has 2 rings (SSSR count). The van der Waals surface area contributed by atoms with Crippen molar-refractivity contribution in [3.63, 3.8) is 0 Å². The van der Waals surface area contributed by atoms with Gasteiger partial charge in [-0.25, -0.2) is 5.43 Å². The molecule has 0 fully saturated rings. The van der Waals surface area contributed by atoms with Crippen molar-refractivity contribution in [1.29, 1.82) is 0 Å². The van der Waals surface area contributed by atoms with Crippen LogP contribution < -0.4 is 5.43 Å². The summed E-state index contributed by atoms with van der Waals surface area (Å²) in [5.41, 5.74) is 4.96. The molecule has 1 N–H and O–H groups in total. The lowest BCUT2D eigenvalue weighted by Crippen LogP contribution is -2.35. The Morgan fingerprint density at radius 1 is 1.57 bits per heavy atom. The molecule has 0 radical (unpaired) electrons. The molecule has 0 aliphatic heterocycles. The van der Waals surface area contributed by atoms with Crippen LogP contribution in [0.2, 0.25) is 0 Å². The normalized spacial score (nSPS) is 21.3. The van der Waals surface area contributed by atoms with Crippen LogP contribution in [0.4, 0.5) is 0 Å². The van der Waals surface area contributed by atoms with E-state index in [1.165, 1.54) is 28.6 Å². The molecule has 1 aromatic heterocycles. The van der Waals surface area contributed by atoms with E-state index in [0.29, 0.717) is 6.04 Å². The first-order valence-electron chi connectivity index (χ1n) is 4.88. The van der Waals surface area contributed by atoms with E-state index in [1.807, 2.05) is 16.3 Å². The predicted octanol–water partition coefficient (Wildman–Crippen LogP) is 2.95. The van der Waals surface area contributed by atoms with Crippen molar-refractivity contribution in [3.8, 4) is 0 Å². The lowest BCUT2D eigenvalue weighted by molar-refractivity contribution is 0.229. The zero-order valence-electron chi connectivity index (χ0n) is 8.51. The minimum atomic E-state index is 0.510. The second-order valence-electron chi connectivity index (χ2n) is 3.90. The summed E-state index contributed by atoms with van der Waals surface area (Å²) in [4.78, 5) is 1.54. The molecular formula is C10H15BrN2S. The highest BCUT2D eigenvalue weighted by Gasteiger charge is 2.22. The Hall–Kier alpha value is 0.100. The number of nitrogens with zero attached hydrogens (tertiary/aromatic N) is 1. The molecule has 0 aromatic carbocycles. The number of aryl methyl sites for hydroxylation is 1. The Morgan fingerprint density at radius 3 is 3.07 bits per heavy atom. The minimum Gasteiger partial charge on any atom is -0.250 e. The molecule has 1 aliphatic rings. The van der Waals surface area contributed by atoms with E-state index in [1.54, 1.807) is 4.88 Å². The average Bonchev–Trinajstić information content (AvgIpc) is 2.45. The maximum absolute atomic E-state index is 3.56. The zero-order valence-corrected chi connectivity index (χ0v) is 10.9. The van der Waals surface area contributed by atoms with E-state index in [9.17, 15) is 0 Å². The van der Waals surface area contributed by atoms with Crippen LogP contribution in [-0.4, -0.2) is 19.1 Å². The second-order valence-corrected chi connectivity index (χ2v) is 6.41. The van der Waals surface area contributed by atoms with E-state index in [4.69, 9.17) is 0 Å². The first kappa shape index (κ1) is 10.6. The van der Waals surface area contributed by atoms with Gasteiger partial charge in [0.15, 0.2) is 0 Å². The molecule has 1 heterocycles. The molecule has 0 amide bonds. The van der Waals surface area contributed by atoms with Gasteiger partial charge in [-0.2, -0.15) is 0 Å². The number of thiophene rings is 1. The lowest BCUT2D eigenvalue weighted by atomic mass is 9.95. The summed E-state index contributed by atoms with van der Waals surface area (Å²) in [6, 6.07) is 2.77. The first-order chi connectivity index (χ1) is 6.66. The maximum atomic E-state index is 3.56. The molecule has 1 aliphatic carbocycles. The number of fused-ring (bicyclic) bond motifs is 1. The Morgan fingerprint density at radius 2 is 2.36 bits per heavy atom. The van der Waals surface area contributed by atoms with Crippen LogP contribution in [0.15, 0.2) is 9.85 Å². The number of rotatable bonds is 2. The van der Waals surface area contributed by atoms with Gasteiger partial charge in [-0.3, -0.25) is 5.01 Å². The van der Waals surface area contributed by atoms with E-state index >= 15 is 0 Å². The van der Waals surface area contributed by atoms with E-state index in [0.717, 1.165) is 0 Å². The molecular weight excluding hydrogens is 260 g/mol. The SMILES string of the molecule is CN(C)NC1CCCc2sc(Br)cc21. The van der Waals surface area contributed by atoms with Crippen molar-refractivity contribution < 1.29 is 0 Å². The highest BCUT2D eigenvalue weighted by molar-refractivity contribution is 9.11. The van der Waals surface area contributed by atoms with Gasteiger partial charge >= 0.3 is 0 Å². The van der Waals surface area contributed by atoms with Gasteiger partial charge in [-0.15, -0.1) is 11.3 Å². The van der Waals surface area contributed by atoms with Gasteiger partial charge in [-0.05, 0) is 46.8 Å². The second kappa shape index (κ2) is 4.31. The maximum Gasteiger partial charge on any atom is 0.0704 e. The fraction of sp³-hybridized carbons (Fsp3) is 0.600. The van der Waals surface area contributed by atoms with Crippen molar-refractivity contribution in [3.05, 3.63) is 20.3 Å². The Balaban J connectivity index is 2.21. The monoisotopic (exact) mass is 274 g/mol. The average molecular weight is 275 g/mol. The van der Waals surface area contributed by atoms with Gasteiger partial charge in [0.1, 0.15) is 0 Å². The van der Waals surface area contributed by atoms with Crippen LogP contribution in [0, 0.1) is 0 Å². The highest BCUT2D eigenvalue weighted by Crippen LogP contribution is 2.37. The van der Waals surface area contributed by atoms with Gasteiger partial charge in [0, 0.05) is 25.0 Å². The Kier molecular flexibility index (Phi) is 3.27. The smallest absolute Gasteiger partial charge is 0.0704 e. The van der Waals surface area contributed by atoms with Crippen molar-refractivity contribution in [1.82, 2.24) is 10.4 Å². The minimum absolute atomic E-state index is 0.510. The summed E-state index contributed by atoms with van der Waals surface area (Å²) in [7, 11) is 4.10. The third-order valence-electron chi connectivity index (χ3n) is 2.50. The third-order valence-corrected chi connectivity index (χ3v) is 4.21. The van der Waals surface area contributed by atoms with Crippen molar-refractivity contribution in [2.24, 2.45) is 0 Å². The standard InChI is InChI=1S/C10H15BrN2S/c1-13(2)12-8-4-3-5-9-7(8)6-10(11)14-9/h6,8,12H,3-5H2,1-2H3. The van der Waals surface area contributed by atoms with Crippen molar-refractivity contribution >= 4 is 27.3 Å². The molecule has 1 aromatic rings. The summed E-state index contributed by atoms with van der Waals surface area (Å²) in [6.07, 6.45) is 3.79. The van der Waals surface area contributed by atoms with Gasteiger partial charge in [0.25, 0.3) is 0 Å². The summed E-state index contributed by atoms with van der Waals surface area (Å²) < 4.78 is 1.26. The first-order valence-corrected chi connectivity index (χ1v) is 6.49. The summed E-state index contributed by atoms with van der Waals surface area (Å²) in [5.74, 6) is 0. The molecule has 1 unspecified atom stereocenters. The fourth-order valence-electron chi connectivity index (χ4n) is 1.97. The van der Waals surface area contributed by atoms with Crippen molar-refractivity contribution in [2.75, 3.05) is 14.1 Å². The predicted molar refractivity (Wildman–Crippen MR) is 64.5 cm³/mol. The summed E-state index contributed by atoms with van der Waals surface area (Å²) >= 11 is 5.44. The van der Waals surface area contributed by atoms with E-state index in [2.05, 4.69) is 41.5 Å². The molecule has 0 saturated carbocycles. The van der Waals surface area contributed by atoms with Crippen LogP contribution in [0.3, 0.4) is 0 Å². The molecule has 0 saturated heterocycles. The number of hydrogen-bond acceptors (Lipinski definition) is 3. The van der Waals surface area contributed by atoms with Gasteiger partial charge < -0.3 is 0 Å². The zero-order chi connectivity index (χ0) is 10.1. The van der Waals surface area contributed by atoms with Crippen molar-refractivity contribution in [2.45, 2.75) is 25.3 Å². The van der Waals surface area contributed by atoms with E-state index in [-0.39, 0.29) is 0 Å². The molecule has 14 heavy (non-hydrogen) atoms. The molecule has 4 heteroatoms. The highest BCUT2D eigenvalue weighted by atomic mass is 79.9. The molecule has 78 valence electrons. The number of halogens is 1. The van der Waals surface area contributed by atoms with Gasteiger partial charge in [0.05, 0.1) is 3.79 Å². The molecule has 1 atom stereocenters. The van der Waals surface area contributed by atoms with E-state index < -0.39 is 0 Å². The Labute approximate surface area is 97.4 Å².